The highest BCUT2D eigenvalue weighted by Gasteiger charge is 2.21. The Morgan fingerprint density at radius 1 is 1.04 bits per heavy atom. The minimum Gasteiger partial charge on any atom is -0.350 e. The molecule has 26 heavy (non-hydrogen) atoms. The van der Waals surface area contributed by atoms with Crippen LogP contribution in [0, 0.1) is 17.0 Å². The van der Waals surface area contributed by atoms with E-state index in [1.54, 1.807) is 19.1 Å². The first-order chi connectivity index (χ1) is 12.3. The van der Waals surface area contributed by atoms with Crippen molar-refractivity contribution in [1.82, 2.24) is 10.6 Å². The summed E-state index contributed by atoms with van der Waals surface area (Å²) < 4.78 is 0. The molecular formula is C17H15Cl2N3O4. The van der Waals surface area contributed by atoms with Gasteiger partial charge in [-0.15, -0.1) is 0 Å². The third kappa shape index (κ3) is 4.71. The average Bonchev–Trinajstić information content (AvgIpc) is 2.60. The number of carbonyl (C=O) groups excluding carboxylic acids is 2. The molecule has 7 nitrogen and oxygen atoms in total. The molecule has 2 N–H and O–H groups in total. The molecule has 2 rings (SSSR count). The van der Waals surface area contributed by atoms with Crippen molar-refractivity contribution >= 4 is 40.7 Å². The Balaban J connectivity index is 1.91. The van der Waals surface area contributed by atoms with Gasteiger partial charge in [-0.3, -0.25) is 19.7 Å². The summed E-state index contributed by atoms with van der Waals surface area (Å²) in [6, 6.07) is 8.99. The van der Waals surface area contributed by atoms with Gasteiger partial charge >= 0.3 is 0 Å². The number of nitrogens with one attached hydrogen (secondary N) is 2. The molecule has 0 spiro atoms. The fraction of sp³-hybridized carbons (Fsp3) is 0.176. The number of carbonyl (C=O) groups is 2. The molecule has 9 heteroatoms. The lowest BCUT2D eigenvalue weighted by molar-refractivity contribution is -0.385. The molecule has 0 aliphatic heterocycles. The van der Waals surface area contributed by atoms with E-state index in [1.165, 1.54) is 24.3 Å². The van der Waals surface area contributed by atoms with E-state index in [0.29, 0.717) is 16.1 Å². The maximum Gasteiger partial charge on any atom is 0.285 e. The molecule has 136 valence electrons. The fourth-order valence-electron chi connectivity index (χ4n) is 2.27. The summed E-state index contributed by atoms with van der Waals surface area (Å²) in [4.78, 5) is 34.7. The van der Waals surface area contributed by atoms with Gasteiger partial charge in [0.1, 0.15) is 5.56 Å². The van der Waals surface area contributed by atoms with Gasteiger partial charge in [-0.25, -0.2) is 0 Å². The molecule has 2 aromatic rings. The number of amides is 2. The lowest BCUT2D eigenvalue weighted by Gasteiger charge is -2.09. The molecule has 0 radical (unpaired) electrons. The zero-order valence-electron chi connectivity index (χ0n) is 13.7. The van der Waals surface area contributed by atoms with Crippen LogP contribution < -0.4 is 10.6 Å². The Morgan fingerprint density at radius 2 is 1.69 bits per heavy atom. The number of nitro benzene ring substituents is 1. The van der Waals surface area contributed by atoms with Crippen molar-refractivity contribution in [3.8, 4) is 0 Å². The SMILES string of the molecule is Cc1cccc(C(=O)NCCNC(=O)c2ccc(Cl)c(Cl)c2)c1[N+](=O)[O-]. The monoisotopic (exact) mass is 395 g/mol. The maximum absolute atomic E-state index is 12.2. The smallest absolute Gasteiger partial charge is 0.285 e. The third-order valence-electron chi connectivity index (χ3n) is 3.54. The van der Waals surface area contributed by atoms with Crippen molar-refractivity contribution in [2.45, 2.75) is 6.92 Å². The fourth-order valence-corrected chi connectivity index (χ4v) is 2.57. The lowest BCUT2D eigenvalue weighted by atomic mass is 10.1. The Morgan fingerprint density at radius 3 is 2.31 bits per heavy atom. The Kier molecular flexibility index (Phi) is 6.54. The van der Waals surface area contributed by atoms with Gasteiger partial charge in [0.25, 0.3) is 17.5 Å². The van der Waals surface area contributed by atoms with Gasteiger partial charge in [0.05, 0.1) is 15.0 Å². The van der Waals surface area contributed by atoms with Gasteiger partial charge in [-0.05, 0) is 31.2 Å². The van der Waals surface area contributed by atoms with Gasteiger partial charge in [-0.1, -0.05) is 35.3 Å². The molecule has 0 unspecified atom stereocenters. The van der Waals surface area contributed by atoms with Crippen LogP contribution in [0.5, 0.6) is 0 Å². The van der Waals surface area contributed by atoms with Crippen LogP contribution >= 0.6 is 23.2 Å². The standard InChI is InChI=1S/C17H15Cl2N3O4/c1-10-3-2-4-12(15(10)22(25)26)17(24)21-8-7-20-16(23)11-5-6-13(18)14(19)9-11/h2-6,9H,7-8H2,1H3,(H,20,23)(H,21,24). The van der Waals surface area contributed by atoms with Crippen molar-refractivity contribution in [3.05, 3.63) is 73.2 Å². The van der Waals surface area contributed by atoms with Crippen molar-refractivity contribution < 1.29 is 14.5 Å². The van der Waals surface area contributed by atoms with Crippen LogP contribution in [0.2, 0.25) is 10.0 Å². The first-order valence-corrected chi connectivity index (χ1v) is 8.32. The maximum atomic E-state index is 12.2. The summed E-state index contributed by atoms with van der Waals surface area (Å²) >= 11 is 11.6. The number of nitro groups is 1. The molecule has 0 fully saturated rings. The summed E-state index contributed by atoms with van der Waals surface area (Å²) in [6.07, 6.45) is 0. The van der Waals surface area contributed by atoms with E-state index in [4.69, 9.17) is 23.2 Å². The summed E-state index contributed by atoms with van der Waals surface area (Å²) in [5.74, 6) is -0.955. The largest absolute Gasteiger partial charge is 0.350 e. The quantitative estimate of drug-likeness (QED) is 0.444. The van der Waals surface area contributed by atoms with E-state index in [-0.39, 0.29) is 35.3 Å². The second-order valence-electron chi connectivity index (χ2n) is 5.37. The number of rotatable bonds is 6. The van der Waals surface area contributed by atoms with Gasteiger partial charge in [-0.2, -0.15) is 0 Å². The van der Waals surface area contributed by atoms with Crippen LogP contribution in [-0.4, -0.2) is 29.8 Å². The Hall–Kier alpha value is -2.64. The lowest BCUT2D eigenvalue weighted by Crippen LogP contribution is -2.35. The van der Waals surface area contributed by atoms with E-state index in [9.17, 15) is 19.7 Å². The van der Waals surface area contributed by atoms with Crippen LogP contribution in [0.4, 0.5) is 5.69 Å². The zero-order chi connectivity index (χ0) is 19.3. The minimum atomic E-state index is -0.587. The predicted octanol–water partition coefficient (Wildman–Crippen LogP) is 3.37. The van der Waals surface area contributed by atoms with Gasteiger partial charge in [0.2, 0.25) is 0 Å². The van der Waals surface area contributed by atoms with Crippen molar-refractivity contribution in [1.29, 1.82) is 0 Å². The Labute approximate surface area is 159 Å². The van der Waals surface area contributed by atoms with Crippen molar-refractivity contribution in [2.24, 2.45) is 0 Å². The van der Waals surface area contributed by atoms with E-state index in [2.05, 4.69) is 10.6 Å². The highest BCUT2D eigenvalue weighted by Crippen LogP contribution is 2.23. The van der Waals surface area contributed by atoms with Crippen LogP contribution in [0.25, 0.3) is 0 Å². The molecule has 2 aromatic carbocycles. The first-order valence-electron chi connectivity index (χ1n) is 7.56. The zero-order valence-corrected chi connectivity index (χ0v) is 15.2. The molecule has 0 bridgehead atoms. The van der Waals surface area contributed by atoms with Crippen molar-refractivity contribution in [2.75, 3.05) is 13.1 Å². The van der Waals surface area contributed by atoms with Crippen molar-refractivity contribution in [3.63, 3.8) is 0 Å². The second-order valence-corrected chi connectivity index (χ2v) is 6.18. The van der Waals surface area contributed by atoms with Crippen LogP contribution in [0.3, 0.4) is 0 Å². The summed E-state index contributed by atoms with van der Waals surface area (Å²) in [5.41, 5.74) is 0.478. The summed E-state index contributed by atoms with van der Waals surface area (Å²) in [5, 5.41) is 16.9. The number of aryl methyl sites for hydroxylation is 1. The van der Waals surface area contributed by atoms with E-state index in [1.807, 2.05) is 0 Å². The number of nitrogens with zero attached hydrogens (tertiary/aromatic N) is 1. The molecule has 0 aliphatic carbocycles. The number of benzene rings is 2. The van der Waals surface area contributed by atoms with Gasteiger partial charge in [0, 0.05) is 24.2 Å². The van der Waals surface area contributed by atoms with Crippen LogP contribution in [0.1, 0.15) is 26.3 Å². The number of hydrogen-bond donors (Lipinski definition) is 2. The van der Waals surface area contributed by atoms with Gasteiger partial charge < -0.3 is 10.6 Å². The minimum absolute atomic E-state index is 0.0224. The molecule has 0 aliphatic rings. The first kappa shape index (κ1) is 19.7. The molecule has 2 amide bonds. The summed E-state index contributed by atoms with van der Waals surface area (Å²) in [6.45, 7) is 1.81. The third-order valence-corrected chi connectivity index (χ3v) is 4.28. The highest BCUT2D eigenvalue weighted by atomic mass is 35.5. The number of hydrogen-bond acceptors (Lipinski definition) is 4. The average molecular weight is 396 g/mol. The topological polar surface area (TPSA) is 101 Å². The highest BCUT2D eigenvalue weighted by molar-refractivity contribution is 6.42. The normalized spacial score (nSPS) is 10.3. The molecular weight excluding hydrogens is 381 g/mol. The Bertz CT molecular complexity index is 871. The molecule has 0 heterocycles. The molecule has 0 aromatic heterocycles. The number of para-hydroxylation sites is 1. The molecule has 0 saturated heterocycles. The number of halogens is 2. The summed E-state index contributed by atoms with van der Waals surface area (Å²) in [7, 11) is 0. The van der Waals surface area contributed by atoms with E-state index in [0.717, 1.165) is 0 Å². The van der Waals surface area contributed by atoms with Gasteiger partial charge in [0.15, 0.2) is 0 Å². The predicted molar refractivity (Wildman–Crippen MR) is 99.0 cm³/mol. The second kappa shape index (κ2) is 8.64. The van der Waals surface area contributed by atoms with E-state index >= 15 is 0 Å². The van der Waals surface area contributed by atoms with Crippen LogP contribution in [-0.2, 0) is 0 Å². The molecule has 0 saturated carbocycles. The molecule has 0 atom stereocenters. The van der Waals surface area contributed by atoms with E-state index < -0.39 is 10.8 Å². The van der Waals surface area contributed by atoms with Crippen LogP contribution in [0.15, 0.2) is 36.4 Å².